The van der Waals surface area contributed by atoms with Crippen LogP contribution in [0.25, 0.3) is 0 Å². The Morgan fingerprint density at radius 2 is 2.14 bits per heavy atom. The van der Waals surface area contributed by atoms with Crippen LogP contribution in [0.2, 0.25) is 0 Å². The molecule has 1 aromatic carbocycles. The van der Waals surface area contributed by atoms with E-state index in [9.17, 15) is 18.4 Å². The summed E-state index contributed by atoms with van der Waals surface area (Å²) in [5.74, 6) is -2.70. The first-order chi connectivity index (χ1) is 9.98. The molecule has 1 fully saturated rings. The number of piperidine rings is 1. The highest BCUT2D eigenvalue weighted by Gasteiger charge is 2.50. The number of benzene rings is 1. The first kappa shape index (κ1) is 13.9. The Hall–Kier alpha value is -2.02. The van der Waals surface area contributed by atoms with E-state index in [0.29, 0.717) is 17.4 Å². The fourth-order valence-corrected chi connectivity index (χ4v) is 3.19. The summed E-state index contributed by atoms with van der Waals surface area (Å²) in [6.07, 6.45) is -0.244. The minimum Gasteiger partial charge on any atom is -0.465 e. The summed E-state index contributed by atoms with van der Waals surface area (Å²) in [4.78, 5) is 23.5. The Labute approximate surface area is 119 Å². The standard InChI is InChI=1S/C14H13F2NO4/c15-11-3-8-7-21-14(10(8)4-12(11)16)1-2-17(13(19)20)5-9(14)6-18/h3-4,6,9H,1-2,5,7H2,(H,19,20)/t9-,14-/m1/s1. The summed E-state index contributed by atoms with van der Waals surface area (Å²) in [6.45, 7) is 0.249. The molecular weight excluding hydrogens is 284 g/mol. The van der Waals surface area contributed by atoms with Crippen LogP contribution >= 0.6 is 0 Å². The van der Waals surface area contributed by atoms with Gasteiger partial charge in [-0.1, -0.05) is 0 Å². The molecule has 1 amide bonds. The van der Waals surface area contributed by atoms with Crippen LogP contribution in [0.3, 0.4) is 0 Å². The molecule has 112 valence electrons. The molecule has 1 saturated heterocycles. The zero-order valence-electron chi connectivity index (χ0n) is 11.0. The first-order valence-corrected chi connectivity index (χ1v) is 6.53. The van der Waals surface area contributed by atoms with Gasteiger partial charge in [0.15, 0.2) is 11.6 Å². The van der Waals surface area contributed by atoms with Crippen LogP contribution in [0.1, 0.15) is 17.5 Å². The predicted molar refractivity (Wildman–Crippen MR) is 66.6 cm³/mol. The van der Waals surface area contributed by atoms with Gasteiger partial charge in [-0.25, -0.2) is 13.6 Å². The van der Waals surface area contributed by atoms with Gasteiger partial charge in [-0.15, -0.1) is 0 Å². The SMILES string of the molecule is O=C[C@H]1CN(C(=O)O)CC[C@@]12OCc1cc(F)c(F)cc12. The Kier molecular flexibility index (Phi) is 3.16. The predicted octanol–water partition coefficient (Wildman–Crippen LogP) is 1.89. The van der Waals surface area contributed by atoms with Gasteiger partial charge in [0.25, 0.3) is 0 Å². The van der Waals surface area contributed by atoms with E-state index in [4.69, 9.17) is 9.84 Å². The fourth-order valence-electron chi connectivity index (χ4n) is 3.19. The summed E-state index contributed by atoms with van der Waals surface area (Å²) < 4.78 is 32.5. The zero-order valence-corrected chi connectivity index (χ0v) is 11.0. The van der Waals surface area contributed by atoms with Crippen molar-refractivity contribution in [3.63, 3.8) is 0 Å². The van der Waals surface area contributed by atoms with Crippen molar-refractivity contribution in [2.45, 2.75) is 18.6 Å². The van der Waals surface area contributed by atoms with E-state index in [0.717, 1.165) is 17.0 Å². The van der Waals surface area contributed by atoms with E-state index in [2.05, 4.69) is 0 Å². The quantitative estimate of drug-likeness (QED) is 0.804. The van der Waals surface area contributed by atoms with E-state index in [-0.39, 0.29) is 26.1 Å². The van der Waals surface area contributed by atoms with Crippen molar-refractivity contribution in [3.05, 3.63) is 34.9 Å². The third-order valence-electron chi connectivity index (χ3n) is 4.29. The number of fused-ring (bicyclic) bond motifs is 2. The maximum absolute atomic E-state index is 13.5. The lowest BCUT2D eigenvalue weighted by molar-refractivity contribution is -0.139. The Bertz CT molecular complexity index is 621. The maximum Gasteiger partial charge on any atom is 0.407 e. The van der Waals surface area contributed by atoms with Crippen molar-refractivity contribution in [1.82, 2.24) is 4.90 Å². The monoisotopic (exact) mass is 297 g/mol. The Morgan fingerprint density at radius 3 is 2.81 bits per heavy atom. The van der Waals surface area contributed by atoms with E-state index in [1.807, 2.05) is 0 Å². The van der Waals surface area contributed by atoms with Crippen molar-refractivity contribution >= 4 is 12.4 Å². The molecule has 1 aromatic rings. The van der Waals surface area contributed by atoms with Gasteiger partial charge >= 0.3 is 6.09 Å². The number of carboxylic acid groups (broad SMARTS) is 1. The molecule has 5 nitrogen and oxygen atoms in total. The molecule has 2 aliphatic rings. The second-order valence-electron chi connectivity index (χ2n) is 5.32. The smallest absolute Gasteiger partial charge is 0.407 e. The number of aldehydes is 1. The number of likely N-dealkylation sites (tertiary alicyclic amines) is 1. The number of nitrogens with zero attached hydrogens (tertiary/aromatic N) is 1. The number of halogens is 2. The number of amides is 1. The second kappa shape index (κ2) is 4.77. The third kappa shape index (κ3) is 1.99. The van der Waals surface area contributed by atoms with E-state index < -0.39 is 29.2 Å². The van der Waals surface area contributed by atoms with Crippen LogP contribution in [0.15, 0.2) is 12.1 Å². The van der Waals surface area contributed by atoms with Crippen LogP contribution in [-0.4, -0.2) is 35.5 Å². The van der Waals surface area contributed by atoms with Crippen molar-refractivity contribution < 1.29 is 28.2 Å². The Balaban J connectivity index is 2.02. The topological polar surface area (TPSA) is 66.8 Å². The van der Waals surface area contributed by atoms with Gasteiger partial charge in [-0.05, 0) is 29.7 Å². The molecular formula is C14H13F2NO4. The molecule has 0 bridgehead atoms. The zero-order chi connectivity index (χ0) is 15.2. The number of carbonyl (C=O) groups is 2. The summed E-state index contributed by atoms with van der Waals surface area (Å²) in [5, 5.41) is 9.02. The summed E-state index contributed by atoms with van der Waals surface area (Å²) >= 11 is 0. The lowest BCUT2D eigenvalue weighted by Gasteiger charge is -2.42. The van der Waals surface area contributed by atoms with E-state index >= 15 is 0 Å². The highest BCUT2D eigenvalue weighted by molar-refractivity contribution is 5.67. The number of carbonyl (C=O) groups excluding carboxylic acids is 1. The molecule has 1 N–H and O–H groups in total. The number of ether oxygens (including phenoxy) is 1. The van der Waals surface area contributed by atoms with Crippen LogP contribution in [-0.2, 0) is 21.7 Å². The maximum atomic E-state index is 13.5. The molecule has 0 saturated carbocycles. The van der Waals surface area contributed by atoms with Gasteiger partial charge in [-0.2, -0.15) is 0 Å². The number of hydrogen-bond acceptors (Lipinski definition) is 3. The average Bonchev–Trinajstić information content (AvgIpc) is 2.79. The van der Waals surface area contributed by atoms with Gasteiger partial charge in [-0.3, -0.25) is 0 Å². The van der Waals surface area contributed by atoms with Gasteiger partial charge in [0.05, 0.1) is 12.5 Å². The highest BCUT2D eigenvalue weighted by Crippen LogP contribution is 2.47. The lowest BCUT2D eigenvalue weighted by atomic mass is 9.76. The molecule has 2 aliphatic heterocycles. The number of rotatable bonds is 1. The fraction of sp³-hybridized carbons (Fsp3) is 0.429. The molecule has 7 heteroatoms. The largest absolute Gasteiger partial charge is 0.465 e. The molecule has 2 atom stereocenters. The van der Waals surface area contributed by atoms with Crippen LogP contribution in [0, 0.1) is 17.6 Å². The molecule has 1 spiro atoms. The third-order valence-corrected chi connectivity index (χ3v) is 4.29. The molecule has 2 heterocycles. The second-order valence-corrected chi connectivity index (χ2v) is 5.32. The first-order valence-electron chi connectivity index (χ1n) is 6.53. The molecule has 0 aromatic heterocycles. The van der Waals surface area contributed by atoms with Gasteiger partial charge < -0.3 is 19.5 Å². The van der Waals surface area contributed by atoms with E-state index in [1.54, 1.807) is 0 Å². The minimum atomic E-state index is -1.11. The van der Waals surface area contributed by atoms with Gasteiger partial charge in [0.1, 0.15) is 11.9 Å². The summed E-state index contributed by atoms with van der Waals surface area (Å²) in [7, 11) is 0. The molecule has 0 aliphatic carbocycles. The van der Waals surface area contributed by atoms with Crippen LogP contribution in [0.4, 0.5) is 13.6 Å². The minimum absolute atomic E-state index is 0.0166. The Morgan fingerprint density at radius 1 is 1.43 bits per heavy atom. The molecule has 21 heavy (non-hydrogen) atoms. The lowest BCUT2D eigenvalue weighted by Crippen LogP contribution is -2.52. The van der Waals surface area contributed by atoms with Crippen molar-refractivity contribution in [3.8, 4) is 0 Å². The average molecular weight is 297 g/mol. The van der Waals surface area contributed by atoms with E-state index in [1.165, 1.54) is 0 Å². The van der Waals surface area contributed by atoms with Crippen LogP contribution < -0.4 is 0 Å². The van der Waals surface area contributed by atoms with Crippen molar-refractivity contribution in [2.24, 2.45) is 5.92 Å². The van der Waals surface area contributed by atoms with Crippen LogP contribution in [0.5, 0.6) is 0 Å². The summed E-state index contributed by atoms with van der Waals surface area (Å²) in [6, 6.07) is 2.13. The number of hydrogen-bond donors (Lipinski definition) is 1. The normalized spacial score (nSPS) is 27.7. The molecule has 3 rings (SSSR count). The van der Waals surface area contributed by atoms with Gasteiger partial charge in [0.2, 0.25) is 0 Å². The van der Waals surface area contributed by atoms with Crippen molar-refractivity contribution in [1.29, 1.82) is 0 Å². The summed E-state index contributed by atoms with van der Waals surface area (Å²) in [5.41, 5.74) is -0.106. The molecule has 0 unspecified atom stereocenters. The van der Waals surface area contributed by atoms with Gasteiger partial charge in [0, 0.05) is 13.1 Å². The highest BCUT2D eigenvalue weighted by atomic mass is 19.2. The van der Waals surface area contributed by atoms with Crippen molar-refractivity contribution in [2.75, 3.05) is 13.1 Å². The molecule has 0 radical (unpaired) electrons.